The van der Waals surface area contributed by atoms with Crippen LogP contribution >= 0.6 is 0 Å². The van der Waals surface area contributed by atoms with E-state index in [-0.39, 0.29) is 18.6 Å². The van der Waals surface area contributed by atoms with Crippen LogP contribution in [0.4, 0.5) is 0 Å². The Balaban J connectivity index is 3.00. The minimum atomic E-state index is -0.934. The number of ether oxygens (including phenoxy) is 1. The van der Waals surface area contributed by atoms with Gasteiger partial charge >= 0.3 is 0 Å². The summed E-state index contributed by atoms with van der Waals surface area (Å²) >= 11 is 0. The molecule has 0 bridgehead atoms. The maximum absolute atomic E-state index is 12.9. The van der Waals surface area contributed by atoms with Crippen LogP contribution in [0.2, 0.25) is 0 Å². The van der Waals surface area contributed by atoms with Gasteiger partial charge in [0.05, 0.1) is 24.4 Å². The van der Waals surface area contributed by atoms with E-state index in [9.17, 15) is 15.2 Å². The lowest BCUT2D eigenvalue weighted by atomic mass is 9.79. The molecule has 120 valence electrons. The van der Waals surface area contributed by atoms with Crippen molar-refractivity contribution in [3.05, 3.63) is 0 Å². The zero-order valence-electron chi connectivity index (χ0n) is 13.7. The number of hydrogen-bond acceptors (Lipinski definition) is 4. The fourth-order valence-electron chi connectivity index (χ4n) is 3.20. The lowest BCUT2D eigenvalue weighted by molar-refractivity contribution is -0.172. The van der Waals surface area contributed by atoms with E-state index in [1.165, 1.54) is 0 Å². The standard InChI is InChI=1S/C16H28N2O3/c1-5-7-16(11-17,8-6-2)14(20)18-9-13(10-19)21-15(3,4)12-18/h13,19H,5-10,12H2,1-4H3. The number of morpholine rings is 1. The van der Waals surface area contributed by atoms with Crippen LogP contribution in [0.5, 0.6) is 0 Å². The average Bonchev–Trinajstić information content (AvgIpc) is 2.44. The largest absolute Gasteiger partial charge is 0.394 e. The number of nitriles is 1. The van der Waals surface area contributed by atoms with Crippen molar-refractivity contribution >= 4 is 5.91 Å². The second-order valence-corrected chi connectivity index (χ2v) is 6.56. The summed E-state index contributed by atoms with van der Waals surface area (Å²) in [7, 11) is 0. The van der Waals surface area contributed by atoms with Gasteiger partial charge in [-0.15, -0.1) is 0 Å². The van der Waals surface area contributed by atoms with Crippen LogP contribution in [-0.2, 0) is 9.53 Å². The van der Waals surface area contributed by atoms with Gasteiger partial charge in [-0.25, -0.2) is 0 Å². The second kappa shape index (κ2) is 7.24. The predicted octanol–water partition coefficient (Wildman–Crippen LogP) is 2.09. The molecule has 0 aliphatic carbocycles. The van der Waals surface area contributed by atoms with Crippen LogP contribution in [0.1, 0.15) is 53.4 Å². The molecule has 0 spiro atoms. The second-order valence-electron chi connectivity index (χ2n) is 6.56. The Kier molecular flexibility index (Phi) is 6.18. The quantitative estimate of drug-likeness (QED) is 0.814. The molecular formula is C16H28N2O3. The van der Waals surface area contributed by atoms with Gasteiger partial charge in [0, 0.05) is 13.1 Å². The molecule has 0 radical (unpaired) electrons. The number of amides is 1. The molecule has 1 aliphatic heterocycles. The molecule has 1 amide bonds. The van der Waals surface area contributed by atoms with Crippen molar-refractivity contribution in [2.75, 3.05) is 19.7 Å². The molecule has 1 unspecified atom stereocenters. The normalized spacial score (nSPS) is 21.9. The lowest BCUT2D eigenvalue weighted by Gasteiger charge is -2.44. The highest BCUT2D eigenvalue weighted by atomic mass is 16.5. The van der Waals surface area contributed by atoms with Crippen molar-refractivity contribution in [2.24, 2.45) is 5.41 Å². The molecule has 5 heteroatoms. The Bertz CT molecular complexity index is 395. The Morgan fingerprint density at radius 1 is 1.43 bits per heavy atom. The summed E-state index contributed by atoms with van der Waals surface area (Å²) in [5, 5.41) is 19.0. The van der Waals surface area contributed by atoms with Crippen molar-refractivity contribution in [3.8, 4) is 6.07 Å². The number of carbonyl (C=O) groups excluding carboxylic acids is 1. The van der Waals surface area contributed by atoms with E-state index in [0.29, 0.717) is 25.9 Å². The summed E-state index contributed by atoms with van der Waals surface area (Å²) in [6.45, 7) is 8.50. The molecular weight excluding hydrogens is 268 g/mol. The molecule has 0 aromatic heterocycles. The molecule has 0 aromatic rings. The number of carbonyl (C=O) groups is 1. The molecule has 21 heavy (non-hydrogen) atoms. The summed E-state index contributed by atoms with van der Waals surface area (Å²) in [5.74, 6) is -0.108. The summed E-state index contributed by atoms with van der Waals surface area (Å²) in [6.07, 6.45) is 2.39. The summed E-state index contributed by atoms with van der Waals surface area (Å²) in [4.78, 5) is 14.7. The summed E-state index contributed by atoms with van der Waals surface area (Å²) in [6, 6.07) is 2.28. The maximum atomic E-state index is 12.9. The first kappa shape index (κ1) is 17.9. The van der Waals surface area contributed by atoms with Crippen molar-refractivity contribution < 1.29 is 14.6 Å². The number of nitrogens with zero attached hydrogens (tertiary/aromatic N) is 2. The Morgan fingerprint density at radius 2 is 2.00 bits per heavy atom. The highest BCUT2D eigenvalue weighted by Gasteiger charge is 2.44. The van der Waals surface area contributed by atoms with Gasteiger partial charge in [-0.1, -0.05) is 26.7 Å². The highest BCUT2D eigenvalue weighted by Crippen LogP contribution is 2.34. The van der Waals surface area contributed by atoms with Crippen LogP contribution in [0.3, 0.4) is 0 Å². The molecule has 1 N–H and O–H groups in total. The average molecular weight is 296 g/mol. The van der Waals surface area contributed by atoms with E-state index in [4.69, 9.17) is 4.74 Å². The SMILES string of the molecule is CCCC(C#N)(CCC)C(=O)N1CC(CO)OC(C)(C)C1. The first-order valence-corrected chi connectivity index (χ1v) is 7.83. The van der Waals surface area contributed by atoms with Crippen LogP contribution < -0.4 is 0 Å². The zero-order chi connectivity index (χ0) is 16.1. The molecule has 1 heterocycles. The fraction of sp³-hybridized carbons (Fsp3) is 0.875. The molecule has 1 atom stereocenters. The third kappa shape index (κ3) is 4.18. The van der Waals surface area contributed by atoms with E-state index < -0.39 is 11.0 Å². The smallest absolute Gasteiger partial charge is 0.243 e. The van der Waals surface area contributed by atoms with Crippen molar-refractivity contribution in [1.29, 1.82) is 5.26 Å². The third-order valence-electron chi connectivity index (χ3n) is 3.95. The molecule has 1 fully saturated rings. The van der Waals surface area contributed by atoms with Crippen LogP contribution in [0, 0.1) is 16.7 Å². The van der Waals surface area contributed by atoms with Gasteiger partial charge in [-0.05, 0) is 26.7 Å². The van der Waals surface area contributed by atoms with Gasteiger partial charge in [-0.2, -0.15) is 5.26 Å². The monoisotopic (exact) mass is 296 g/mol. The van der Waals surface area contributed by atoms with Crippen LogP contribution in [0.15, 0.2) is 0 Å². The van der Waals surface area contributed by atoms with Crippen molar-refractivity contribution in [2.45, 2.75) is 65.1 Å². The van der Waals surface area contributed by atoms with E-state index in [2.05, 4.69) is 6.07 Å². The van der Waals surface area contributed by atoms with Crippen molar-refractivity contribution in [3.63, 3.8) is 0 Å². The van der Waals surface area contributed by atoms with Crippen LogP contribution in [0.25, 0.3) is 0 Å². The lowest BCUT2D eigenvalue weighted by Crippen LogP contribution is -2.58. The fourth-order valence-corrected chi connectivity index (χ4v) is 3.20. The van der Waals surface area contributed by atoms with Gasteiger partial charge in [0.2, 0.25) is 5.91 Å². The minimum absolute atomic E-state index is 0.108. The van der Waals surface area contributed by atoms with Gasteiger partial charge in [0.1, 0.15) is 5.41 Å². The van der Waals surface area contributed by atoms with E-state index >= 15 is 0 Å². The molecule has 1 rings (SSSR count). The number of rotatable bonds is 6. The molecule has 0 saturated carbocycles. The van der Waals surface area contributed by atoms with Gasteiger partial charge in [-0.3, -0.25) is 4.79 Å². The minimum Gasteiger partial charge on any atom is -0.394 e. The third-order valence-corrected chi connectivity index (χ3v) is 3.95. The van der Waals surface area contributed by atoms with Crippen LogP contribution in [-0.4, -0.2) is 47.3 Å². The summed E-state index contributed by atoms with van der Waals surface area (Å²) < 4.78 is 5.74. The number of hydrogen-bond donors (Lipinski definition) is 1. The van der Waals surface area contributed by atoms with Gasteiger partial charge < -0.3 is 14.7 Å². The van der Waals surface area contributed by atoms with E-state index in [0.717, 1.165) is 12.8 Å². The first-order chi connectivity index (χ1) is 9.84. The first-order valence-electron chi connectivity index (χ1n) is 7.83. The van der Waals surface area contributed by atoms with Gasteiger partial charge in [0.15, 0.2) is 0 Å². The molecule has 0 aromatic carbocycles. The zero-order valence-corrected chi connectivity index (χ0v) is 13.7. The highest BCUT2D eigenvalue weighted by molar-refractivity contribution is 5.85. The predicted molar refractivity (Wildman–Crippen MR) is 80.5 cm³/mol. The van der Waals surface area contributed by atoms with Crippen molar-refractivity contribution in [1.82, 2.24) is 4.90 Å². The summed E-state index contributed by atoms with van der Waals surface area (Å²) in [5.41, 5.74) is -1.43. The van der Waals surface area contributed by atoms with Gasteiger partial charge in [0.25, 0.3) is 0 Å². The maximum Gasteiger partial charge on any atom is 0.243 e. The Hall–Kier alpha value is -1.12. The number of aliphatic hydroxyl groups is 1. The Labute approximate surface area is 127 Å². The molecule has 1 aliphatic rings. The molecule has 1 saturated heterocycles. The molecule has 5 nitrogen and oxygen atoms in total. The van der Waals surface area contributed by atoms with E-state index in [1.54, 1.807) is 4.90 Å². The topological polar surface area (TPSA) is 73.6 Å². The van der Waals surface area contributed by atoms with E-state index in [1.807, 2.05) is 27.7 Å². The number of aliphatic hydroxyl groups excluding tert-OH is 1. The Morgan fingerprint density at radius 3 is 2.43 bits per heavy atom.